The van der Waals surface area contributed by atoms with Crippen molar-refractivity contribution in [1.82, 2.24) is 5.32 Å². The molecular weight excluding hydrogens is 274 g/mol. The van der Waals surface area contributed by atoms with Gasteiger partial charge in [-0.05, 0) is 48.1 Å². The monoisotopic (exact) mass is 297 g/mol. The molecule has 0 spiro atoms. The number of rotatable bonds is 5. The summed E-state index contributed by atoms with van der Waals surface area (Å²) in [5, 5.41) is 3.69. The molecule has 1 N–H and O–H groups in total. The van der Waals surface area contributed by atoms with Gasteiger partial charge in [-0.25, -0.2) is 0 Å². The van der Waals surface area contributed by atoms with Crippen LogP contribution < -0.4 is 14.8 Å². The average Bonchev–Trinajstić information content (AvgIpc) is 2.59. The lowest BCUT2D eigenvalue weighted by Gasteiger charge is -2.26. The van der Waals surface area contributed by atoms with Crippen LogP contribution in [0.4, 0.5) is 0 Å². The molecule has 0 heterocycles. The molecule has 0 radical (unpaired) electrons. The first kappa shape index (κ1) is 14.9. The van der Waals surface area contributed by atoms with E-state index in [0.29, 0.717) is 6.04 Å². The highest BCUT2D eigenvalue weighted by Gasteiger charge is 2.19. The molecule has 0 fully saturated rings. The third kappa shape index (κ3) is 3.09. The van der Waals surface area contributed by atoms with Gasteiger partial charge in [0, 0.05) is 12.6 Å². The Morgan fingerprint density at radius 1 is 1.05 bits per heavy atom. The normalized spacial score (nSPS) is 16.9. The molecule has 0 bridgehead atoms. The molecule has 2 aromatic rings. The van der Waals surface area contributed by atoms with Crippen LogP contribution in [-0.4, -0.2) is 14.2 Å². The first-order chi connectivity index (χ1) is 10.8. The Hall–Kier alpha value is -2.00. The zero-order chi connectivity index (χ0) is 15.4. The molecule has 0 saturated heterocycles. The van der Waals surface area contributed by atoms with Crippen LogP contribution in [0.5, 0.6) is 11.5 Å². The highest BCUT2D eigenvalue weighted by molar-refractivity contribution is 5.43. The van der Waals surface area contributed by atoms with Gasteiger partial charge >= 0.3 is 0 Å². The fraction of sp³-hybridized carbons (Fsp3) is 0.368. The van der Waals surface area contributed by atoms with Crippen molar-refractivity contribution in [3.8, 4) is 11.5 Å². The summed E-state index contributed by atoms with van der Waals surface area (Å²) >= 11 is 0. The largest absolute Gasteiger partial charge is 0.493 e. The zero-order valence-corrected chi connectivity index (χ0v) is 13.3. The van der Waals surface area contributed by atoms with Crippen molar-refractivity contribution >= 4 is 0 Å². The van der Waals surface area contributed by atoms with Crippen LogP contribution in [0.25, 0.3) is 0 Å². The van der Waals surface area contributed by atoms with Gasteiger partial charge in [-0.15, -0.1) is 0 Å². The van der Waals surface area contributed by atoms with Crippen molar-refractivity contribution in [2.45, 2.75) is 31.8 Å². The lowest BCUT2D eigenvalue weighted by molar-refractivity contribution is 0.354. The fourth-order valence-electron chi connectivity index (χ4n) is 3.20. The van der Waals surface area contributed by atoms with Gasteiger partial charge in [-0.3, -0.25) is 0 Å². The second kappa shape index (κ2) is 6.84. The maximum Gasteiger partial charge on any atom is 0.161 e. The summed E-state index contributed by atoms with van der Waals surface area (Å²) in [6.07, 6.45) is 3.65. The minimum Gasteiger partial charge on any atom is -0.493 e. The van der Waals surface area contributed by atoms with Crippen molar-refractivity contribution in [3.05, 3.63) is 59.2 Å². The second-order valence-corrected chi connectivity index (χ2v) is 5.71. The van der Waals surface area contributed by atoms with Gasteiger partial charge in [0.15, 0.2) is 11.5 Å². The van der Waals surface area contributed by atoms with Crippen molar-refractivity contribution in [3.63, 3.8) is 0 Å². The number of hydrogen-bond acceptors (Lipinski definition) is 3. The quantitative estimate of drug-likeness (QED) is 0.908. The Labute approximate surface area is 132 Å². The maximum atomic E-state index is 5.37. The topological polar surface area (TPSA) is 30.5 Å². The standard InChI is InChI=1S/C19H23NO2/c1-21-18-11-10-14(12-19(18)22-2)13-20-17-9-5-7-15-6-3-4-8-16(15)17/h3-4,6,8,10-12,17,20H,5,7,9,13H2,1-2H3/t17-/m0/s1. The van der Waals surface area contributed by atoms with Gasteiger partial charge in [0.05, 0.1) is 14.2 Å². The molecule has 1 atom stereocenters. The first-order valence-electron chi connectivity index (χ1n) is 7.84. The molecule has 0 amide bonds. The van der Waals surface area contributed by atoms with Crippen LogP contribution in [0.3, 0.4) is 0 Å². The summed E-state index contributed by atoms with van der Waals surface area (Å²) in [6, 6.07) is 15.3. The molecule has 1 aliphatic rings. The average molecular weight is 297 g/mol. The predicted octanol–water partition coefficient (Wildman–Crippen LogP) is 3.87. The van der Waals surface area contributed by atoms with Gasteiger partial charge in [0.25, 0.3) is 0 Å². The third-order valence-corrected chi connectivity index (χ3v) is 4.37. The minimum atomic E-state index is 0.443. The Kier molecular flexibility index (Phi) is 4.64. The van der Waals surface area contributed by atoms with E-state index in [0.717, 1.165) is 18.0 Å². The van der Waals surface area contributed by atoms with Gasteiger partial charge < -0.3 is 14.8 Å². The van der Waals surface area contributed by atoms with E-state index in [1.54, 1.807) is 14.2 Å². The number of aryl methyl sites for hydroxylation is 1. The number of benzene rings is 2. The predicted molar refractivity (Wildman–Crippen MR) is 88.5 cm³/mol. The second-order valence-electron chi connectivity index (χ2n) is 5.71. The third-order valence-electron chi connectivity index (χ3n) is 4.37. The lowest BCUT2D eigenvalue weighted by Crippen LogP contribution is -2.24. The molecule has 0 saturated carbocycles. The molecule has 3 rings (SSSR count). The van der Waals surface area contributed by atoms with Gasteiger partial charge in [0.1, 0.15) is 0 Å². The summed E-state index contributed by atoms with van der Waals surface area (Å²) in [6.45, 7) is 0.833. The number of hydrogen-bond donors (Lipinski definition) is 1. The van der Waals surface area contributed by atoms with Crippen LogP contribution in [0.2, 0.25) is 0 Å². The Bertz CT molecular complexity index is 639. The Morgan fingerprint density at radius 2 is 1.86 bits per heavy atom. The molecule has 1 aliphatic carbocycles. The highest BCUT2D eigenvalue weighted by atomic mass is 16.5. The molecule has 0 unspecified atom stereocenters. The first-order valence-corrected chi connectivity index (χ1v) is 7.84. The van der Waals surface area contributed by atoms with Crippen LogP contribution in [0.1, 0.15) is 35.6 Å². The molecule has 3 nitrogen and oxygen atoms in total. The molecule has 0 aliphatic heterocycles. The van der Waals surface area contributed by atoms with Crippen molar-refractivity contribution in [2.75, 3.05) is 14.2 Å². The van der Waals surface area contributed by atoms with E-state index in [1.165, 1.54) is 36.0 Å². The highest BCUT2D eigenvalue weighted by Crippen LogP contribution is 2.31. The smallest absolute Gasteiger partial charge is 0.161 e. The number of ether oxygens (including phenoxy) is 2. The molecular formula is C19H23NO2. The molecule has 3 heteroatoms. The van der Waals surface area contributed by atoms with E-state index in [9.17, 15) is 0 Å². The molecule has 116 valence electrons. The molecule has 22 heavy (non-hydrogen) atoms. The van der Waals surface area contributed by atoms with Crippen LogP contribution in [0, 0.1) is 0 Å². The van der Waals surface area contributed by atoms with Crippen LogP contribution >= 0.6 is 0 Å². The van der Waals surface area contributed by atoms with Crippen molar-refractivity contribution in [2.24, 2.45) is 0 Å². The van der Waals surface area contributed by atoms with E-state index in [-0.39, 0.29) is 0 Å². The summed E-state index contributed by atoms with van der Waals surface area (Å²) in [4.78, 5) is 0. The van der Waals surface area contributed by atoms with Gasteiger partial charge in [-0.1, -0.05) is 30.3 Å². The Morgan fingerprint density at radius 3 is 2.68 bits per heavy atom. The minimum absolute atomic E-state index is 0.443. The van der Waals surface area contributed by atoms with Crippen LogP contribution in [0.15, 0.2) is 42.5 Å². The maximum absolute atomic E-state index is 5.37. The zero-order valence-electron chi connectivity index (χ0n) is 13.3. The van der Waals surface area contributed by atoms with Crippen molar-refractivity contribution < 1.29 is 9.47 Å². The fourth-order valence-corrected chi connectivity index (χ4v) is 3.20. The lowest BCUT2D eigenvalue weighted by atomic mass is 9.87. The SMILES string of the molecule is COc1ccc(CN[C@H]2CCCc3ccccc32)cc1OC. The van der Waals surface area contributed by atoms with E-state index < -0.39 is 0 Å². The summed E-state index contributed by atoms with van der Waals surface area (Å²) in [5.41, 5.74) is 4.15. The van der Waals surface area contributed by atoms with E-state index in [1.807, 2.05) is 12.1 Å². The number of nitrogens with one attached hydrogen (secondary N) is 1. The van der Waals surface area contributed by atoms with Gasteiger partial charge in [-0.2, -0.15) is 0 Å². The van der Waals surface area contributed by atoms with E-state index >= 15 is 0 Å². The number of methoxy groups -OCH3 is 2. The summed E-state index contributed by atoms with van der Waals surface area (Å²) in [5.74, 6) is 1.56. The summed E-state index contributed by atoms with van der Waals surface area (Å²) < 4.78 is 10.7. The van der Waals surface area contributed by atoms with E-state index in [2.05, 4.69) is 35.6 Å². The molecule has 2 aromatic carbocycles. The van der Waals surface area contributed by atoms with Gasteiger partial charge in [0.2, 0.25) is 0 Å². The van der Waals surface area contributed by atoms with E-state index in [4.69, 9.17) is 9.47 Å². The summed E-state index contributed by atoms with van der Waals surface area (Å²) in [7, 11) is 3.33. The molecule has 0 aromatic heterocycles. The Balaban J connectivity index is 1.71. The number of fused-ring (bicyclic) bond motifs is 1. The van der Waals surface area contributed by atoms with Crippen LogP contribution in [-0.2, 0) is 13.0 Å². The van der Waals surface area contributed by atoms with Crippen molar-refractivity contribution in [1.29, 1.82) is 0 Å².